The van der Waals surface area contributed by atoms with Crippen LogP contribution in [0.1, 0.15) is 41.4 Å². The van der Waals surface area contributed by atoms with Crippen LogP contribution in [-0.2, 0) is 14.2 Å². The molecule has 5 rings (SSSR count). The van der Waals surface area contributed by atoms with E-state index in [9.17, 15) is 0 Å². The van der Waals surface area contributed by atoms with Crippen molar-refractivity contribution in [3.8, 4) is 11.5 Å². The second-order valence-corrected chi connectivity index (χ2v) is 13.2. The van der Waals surface area contributed by atoms with E-state index in [-0.39, 0.29) is 5.92 Å². The van der Waals surface area contributed by atoms with Gasteiger partial charge in [-0.25, -0.2) is 4.99 Å². The number of aliphatic imine (C=N–C) groups is 1. The Morgan fingerprint density at radius 2 is 1.47 bits per heavy atom. The molecule has 7 nitrogen and oxygen atoms in total. The Morgan fingerprint density at radius 1 is 0.830 bits per heavy atom. The van der Waals surface area contributed by atoms with Gasteiger partial charge in [0.1, 0.15) is 18.1 Å². The molecule has 1 aliphatic carbocycles. The van der Waals surface area contributed by atoms with Gasteiger partial charge in [0.25, 0.3) is 0 Å². The molecular formula is C42H46BBrF2N2O5. The van der Waals surface area contributed by atoms with Crippen molar-refractivity contribution in [2.45, 2.75) is 20.3 Å². The highest BCUT2D eigenvalue weighted by atomic mass is 79.9. The van der Waals surface area contributed by atoms with Crippen molar-refractivity contribution >= 4 is 46.8 Å². The van der Waals surface area contributed by atoms with E-state index in [1.807, 2.05) is 92.8 Å². The number of hydrogen-bond acceptors (Lipinski definition) is 6. The summed E-state index contributed by atoms with van der Waals surface area (Å²) in [6.45, 7) is 7.32. The van der Waals surface area contributed by atoms with Crippen LogP contribution in [0.15, 0.2) is 113 Å². The lowest BCUT2D eigenvalue weighted by Crippen LogP contribution is -2.18. The van der Waals surface area contributed by atoms with E-state index >= 15 is 8.63 Å². The molecule has 2 aromatic carbocycles. The molecule has 1 aliphatic heterocycles. The zero-order valence-electron chi connectivity index (χ0n) is 30.5. The fraction of sp³-hybridized carbons (Fsp3) is 0.310. The average Bonchev–Trinajstić information content (AvgIpc) is 3.90. The van der Waals surface area contributed by atoms with E-state index < -0.39 is 7.40 Å². The third-order valence-corrected chi connectivity index (χ3v) is 9.05. The van der Waals surface area contributed by atoms with Crippen LogP contribution >= 0.6 is 15.9 Å². The van der Waals surface area contributed by atoms with Crippen LogP contribution in [-0.4, -0.2) is 76.3 Å². The van der Waals surface area contributed by atoms with Crippen LogP contribution in [0.5, 0.6) is 11.5 Å². The molecule has 0 fully saturated rings. The first-order valence-corrected chi connectivity index (χ1v) is 18.9. The minimum Gasteiger partial charge on any atom is -0.494 e. The summed E-state index contributed by atoms with van der Waals surface area (Å²) in [6, 6.07) is 16.9. The fourth-order valence-electron chi connectivity index (χ4n) is 5.89. The van der Waals surface area contributed by atoms with Gasteiger partial charge in [0.05, 0.1) is 51.1 Å². The van der Waals surface area contributed by atoms with Crippen LogP contribution < -0.4 is 9.47 Å². The molecule has 0 N–H and O–H groups in total. The Bertz CT molecular complexity index is 1850. The van der Waals surface area contributed by atoms with Crippen LogP contribution in [0, 0.1) is 12.8 Å². The smallest absolute Gasteiger partial charge is 0.494 e. The number of aromatic nitrogens is 1. The Morgan fingerprint density at radius 3 is 2.13 bits per heavy atom. The Balaban J connectivity index is 1.38. The van der Waals surface area contributed by atoms with Gasteiger partial charge in [0, 0.05) is 35.3 Å². The number of methoxy groups -OCH3 is 1. The summed E-state index contributed by atoms with van der Waals surface area (Å²) in [6.07, 6.45) is 18.7. The maximum atomic E-state index is 15.2. The molecular weight excluding hydrogens is 741 g/mol. The molecule has 0 unspecified atom stereocenters. The van der Waals surface area contributed by atoms with Crippen LogP contribution in [0.3, 0.4) is 0 Å². The summed E-state index contributed by atoms with van der Waals surface area (Å²) in [7, 11) is -1.17. The maximum Gasteiger partial charge on any atom is 0.678 e. The third-order valence-electron chi connectivity index (χ3n) is 8.49. The predicted molar refractivity (Wildman–Crippen MR) is 215 cm³/mol. The van der Waals surface area contributed by atoms with E-state index in [1.165, 1.54) is 0 Å². The zero-order chi connectivity index (χ0) is 37.4. The minimum absolute atomic E-state index is 0.203. The molecule has 0 radical (unpaired) electrons. The second-order valence-electron chi connectivity index (χ2n) is 12.4. The largest absolute Gasteiger partial charge is 0.678 e. The van der Waals surface area contributed by atoms with Gasteiger partial charge in [-0.1, -0.05) is 76.7 Å². The summed E-state index contributed by atoms with van der Waals surface area (Å²) < 4.78 is 59.0. The molecule has 278 valence electrons. The van der Waals surface area contributed by atoms with E-state index in [0.717, 1.165) is 44.4 Å². The number of rotatable bonds is 21. The van der Waals surface area contributed by atoms with Crippen molar-refractivity contribution in [3.63, 3.8) is 0 Å². The number of allylic oxidation sites excluding steroid dienone is 8. The van der Waals surface area contributed by atoms with Crippen molar-refractivity contribution in [2.24, 2.45) is 10.9 Å². The number of nitrogens with zero attached hydrogens (tertiary/aromatic N) is 2. The lowest BCUT2D eigenvalue weighted by atomic mass is 9.94. The molecule has 3 aromatic rings. The second kappa shape index (κ2) is 20.8. The summed E-state index contributed by atoms with van der Waals surface area (Å²) in [5.74, 6) is 1.61. The SMILES string of the molecule is COCCOCCOCCOc1ccc(/C=C/c2cc(C)c(/C(=C3N=C(/C=C/C4C=CC=C4)C=C\3C)c3ccc(OCCCBr)cc3)n2B(F)F)cc1. The minimum atomic E-state index is -2.80. The van der Waals surface area contributed by atoms with Crippen molar-refractivity contribution in [1.29, 1.82) is 0 Å². The predicted octanol–water partition coefficient (Wildman–Crippen LogP) is 9.42. The molecule has 1 aromatic heterocycles. The molecule has 2 heterocycles. The van der Waals surface area contributed by atoms with Gasteiger partial charge < -0.3 is 28.2 Å². The van der Waals surface area contributed by atoms with E-state index in [4.69, 9.17) is 28.7 Å². The third kappa shape index (κ3) is 11.6. The number of hydrogen-bond donors (Lipinski definition) is 0. The molecule has 11 heteroatoms. The highest BCUT2D eigenvalue weighted by Crippen LogP contribution is 2.38. The summed E-state index contributed by atoms with van der Waals surface area (Å²) >= 11 is 3.43. The van der Waals surface area contributed by atoms with Crippen molar-refractivity contribution in [3.05, 3.63) is 136 Å². The number of aryl methyl sites for hydroxylation is 1. The molecule has 0 saturated heterocycles. The number of halogens is 3. The fourth-order valence-corrected chi connectivity index (χ4v) is 6.12. The standard InChI is InChI=1S/C42H46BBrF2N2O5/c1-31-29-36(15-9-33-7-4-5-8-33)47-41(31)40(35-13-19-39(20-14-35)52-22-6-21-44)42-32(2)30-37(48(42)43(45)46)16-10-34-11-17-38(18-12-34)53-28-27-51-26-25-50-24-23-49-3/h4-5,7-20,29-30,33H,6,21-28H2,1-3H3/b15-9+,16-10+,41-40-. The van der Waals surface area contributed by atoms with E-state index in [2.05, 4.69) is 34.2 Å². The van der Waals surface area contributed by atoms with Gasteiger partial charge in [0.2, 0.25) is 0 Å². The first-order chi connectivity index (χ1) is 25.9. The summed E-state index contributed by atoms with van der Waals surface area (Å²) in [5.41, 5.74) is 6.09. The van der Waals surface area contributed by atoms with E-state index in [1.54, 1.807) is 19.3 Å². The van der Waals surface area contributed by atoms with Crippen molar-refractivity contribution in [1.82, 2.24) is 4.48 Å². The summed E-state index contributed by atoms with van der Waals surface area (Å²) in [4.78, 5) is 4.99. The molecule has 0 atom stereocenters. The molecule has 0 spiro atoms. The zero-order valence-corrected chi connectivity index (χ0v) is 32.1. The van der Waals surface area contributed by atoms with Gasteiger partial charge in [0.15, 0.2) is 0 Å². The first-order valence-electron chi connectivity index (χ1n) is 17.8. The molecule has 0 saturated carbocycles. The lowest BCUT2D eigenvalue weighted by Gasteiger charge is -2.17. The quantitative estimate of drug-likeness (QED) is 0.0612. The average molecular weight is 788 g/mol. The van der Waals surface area contributed by atoms with Crippen molar-refractivity contribution in [2.75, 3.05) is 58.7 Å². The van der Waals surface area contributed by atoms with Crippen LogP contribution in [0.2, 0.25) is 0 Å². The summed E-state index contributed by atoms with van der Waals surface area (Å²) in [5, 5.41) is 0.846. The highest BCUT2D eigenvalue weighted by Gasteiger charge is 2.30. The molecule has 0 amide bonds. The molecule has 2 aliphatic rings. The van der Waals surface area contributed by atoms with E-state index in [0.29, 0.717) is 80.2 Å². The normalized spacial score (nSPS) is 15.2. The monoisotopic (exact) mass is 786 g/mol. The molecule has 53 heavy (non-hydrogen) atoms. The molecule has 0 bridgehead atoms. The van der Waals surface area contributed by atoms with Gasteiger partial charge in [-0.05, 0) is 91.1 Å². The number of alkyl halides is 1. The van der Waals surface area contributed by atoms with Crippen LogP contribution in [0.4, 0.5) is 8.63 Å². The lowest BCUT2D eigenvalue weighted by molar-refractivity contribution is 0.0180. The van der Waals surface area contributed by atoms with Gasteiger partial charge in [-0.2, -0.15) is 0 Å². The van der Waals surface area contributed by atoms with Crippen LogP contribution in [0.25, 0.3) is 17.7 Å². The highest BCUT2D eigenvalue weighted by molar-refractivity contribution is 9.09. The van der Waals surface area contributed by atoms with Gasteiger partial charge >= 0.3 is 7.40 Å². The number of benzene rings is 2. The van der Waals surface area contributed by atoms with Gasteiger partial charge in [-0.3, -0.25) is 8.63 Å². The Labute approximate surface area is 320 Å². The Hall–Kier alpha value is -4.29. The van der Waals surface area contributed by atoms with Crippen molar-refractivity contribution < 1.29 is 32.3 Å². The maximum absolute atomic E-state index is 15.2. The number of ether oxygens (including phenoxy) is 5. The first kappa shape index (κ1) is 39.9. The Kier molecular flexibility index (Phi) is 15.7. The topological polar surface area (TPSA) is 63.4 Å². The van der Waals surface area contributed by atoms with Gasteiger partial charge in [-0.15, -0.1) is 0 Å².